The maximum Gasteiger partial charge on any atom is 0.331 e. The number of aromatic nitrogens is 2. The third kappa shape index (κ3) is 3.40. The van der Waals surface area contributed by atoms with Crippen molar-refractivity contribution in [3.05, 3.63) is 46.2 Å². The summed E-state index contributed by atoms with van der Waals surface area (Å²) in [6, 6.07) is 3.08. The molecule has 1 unspecified atom stereocenters. The molecule has 110 valence electrons. The van der Waals surface area contributed by atoms with Gasteiger partial charge in [-0.2, -0.15) is 5.10 Å². The van der Waals surface area contributed by atoms with Gasteiger partial charge in [0.05, 0.1) is 11.8 Å². The number of aliphatic carboxylic acids is 1. The highest BCUT2D eigenvalue weighted by atomic mass is 79.9. The fourth-order valence-corrected chi connectivity index (χ4v) is 2.14. The molecule has 0 bridgehead atoms. The Bertz CT molecular complexity index is 698. The molecular weight excluding hydrogens is 342 g/mol. The molecule has 3 N–H and O–H groups in total. The number of carboxylic acid groups (broad SMARTS) is 1. The standard InChI is InChI=1S/C13H12BrN3O4/c1-17-6-7(5-15-17)11(13(20)21)16-12(19)9-4-8(14)2-3-10(9)18/h2-6,11,18H,1H3,(H,16,19)(H,20,21). The minimum absolute atomic E-state index is 0.0143. The average molecular weight is 354 g/mol. The highest BCUT2D eigenvalue weighted by molar-refractivity contribution is 9.10. The normalized spacial score (nSPS) is 11.9. The van der Waals surface area contributed by atoms with Gasteiger partial charge < -0.3 is 15.5 Å². The molecule has 0 saturated heterocycles. The second-order valence-electron chi connectivity index (χ2n) is 4.35. The third-order valence-electron chi connectivity index (χ3n) is 2.78. The molecule has 2 aromatic rings. The summed E-state index contributed by atoms with van der Waals surface area (Å²) in [6.45, 7) is 0. The number of hydrogen-bond acceptors (Lipinski definition) is 4. The largest absolute Gasteiger partial charge is 0.507 e. The number of amides is 1. The topological polar surface area (TPSA) is 104 Å². The van der Waals surface area contributed by atoms with Crippen LogP contribution in [0.15, 0.2) is 35.1 Å². The molecule has 7 nitrogen and oxygen atoms in total. The Kier molecular flexibility index (Phi) is 4.27. The van der Waals surface area contributed by atoms with Gasteiger partial charge in [-0.1, -0.05) is 15.9 Å². The number of carbonyl (C=O) groups is 2. The highest BCUT2D eigenvalue weighted by Gasteiger charge is 2.25. The van der Waals surface area contributed by atoms with Gasteiger partial charge in [0.15, 0.2) is 6.04 Å². The zero-order valence-electron chi connectivity index (χ0n) is 10.9. The molecule has 1 aromatic heterocycles. The van der Waals surface area contributed by atoms with Crippen LogP contribution in [-0.2, 0) is 11.8 Å². The highest BCUT2D eigenvalue weighted by Crippen LogP contribution is 2.23. The first-order valence-electron chi connectivity index (χ1n) is 5.89. The molecule has 0 fully saturated rings. The molecule has 1 amide bonds. The molecule has 21 heavy (non-hydrogen) atoms. The number of benzene rings is 1. The fraction of sp³-hybridized carbons (Fsp3) is 0.154. The van der Waals surface area contributed by atoms with Crippen molar-refractivity contribution in [1.82, 2.24) is 15.1 Å². The molecule has 1 atom stereocenters. The SMILES string of the molecule is Cn1cc(C(NC(=O)c2cc(Br)ccc2O)C(=O)O)cn1. The lowest BCUT2D eigenvalue weighted by molar-refractivity contribution is -0.139. The van der Waals surface area contributed by atoms with Crippen LogP contribution in [0, 0.1) is 0 Å². The Balaban J connectivity index is 2.27. The van der Waals surface area contributed by atoms with E-state index in [1.54, 1.807) is 13.1 Å². The van der Waals surface area contributed by atoms with Gasteiger partial charge in [-0.05, 0) is 18.2 Å². The summed E-state index contributed by atoms with van der Waals surface area (Å²) < 4.78 is 2.03. The number of nitrogens with one attached hydrogen (secondary N) is 1. The van der Waals surface area contributed by atoms with Crippen molar-refractivity contribution in [2.45, 2.75) is 6.04 Å². The minimum atomic E-state index is -1.25. The van der Waals surface area contributed by atoms with Gasteiger partial charge >= 0.3 is 5.97 Å². The van der Waals surface area contributed by atoms with E-state index in [9.17, 15) is 19.8 Å². The number of rotatable bonds is 4. The van der Waals surface area contributed by atoms with Crippen molar-refractivity contribution in [2.75, 3.05) is 0 Å². The number of hydrogen-bond donors (Lipinski definition) is 3. The summed E-state index contributed by atoms with van der Waals surface area (Å²) in [6.07, 6.45) is 2.86. The molecule has 0 aliphatic heterocycles. The predicted molar refractivity (Wildman–Crippen MR) is 76.9 cm³/mol. The van der Waals surface area contributed by atoms with Crippen LogP contribution >= 0.6 is 15.9 Å². The fourth-order valence-electron chi connectivity index (χ4n) is 1.78. The summed E-state index contributed by atoms with van der Waals surface area (Å²) in [7, 11) is 1.64. The van der Waals surface area contributed by atoms with Crippen molar-refractivity contribution in [3.63, 3.8) is 0 Å². The summed E-state index contributed by atoms with van der Waals surface area (Å²) in [4.78, 5) is 23.4. The molecule has 0 radical (unpaired) electrons. The van der Waals surface area contributed by atoms with E-state index in [0.29, 0.717) is 10.0 Å². The first kappa shape index (κ1) is 15.0. The Labute approximate surface area is 128 Å². The van der Waals surface area contributed by atoms with Gasteiger partial charge in [0.1, 0.15) is 5.75 Å². The lowest BCUT2D eigenvalue weighted by Crippen LogP contribution is -2.33. The molecular formula is C13H12BrN3O4. The van der Waals surface area contributed by atoms with Crippen molar-refractivity contribution in [2.24, 2.45) is 7.05 Å². The van der Waals surface area contributed by atoms with E-state index in [0.717, 1.165) is 0 Å². The lowest BCUT2D eigenvalue weighted by atomic mass is 10.1. The second kappa shape index (κ2) is 5.96. The molecule has 2 rings (SSSR count). The van der Waals surface area contributed by atoms with Crippen LogP contribution in [-0.4, -0.2) is 31.9 Å². The molecule has 8 heteroatoms. The van der Waals surface area contributed by atoms with Crippen LogP contribution in [0.1, 0.15) is 22.0 Å². The maximum atomic E-state index is 12.1. The molecule has 0 spiro atoms. The number of nitrogens with zero attached hydrogens (tertiary/aromatic N) is 2. The van der Waals surface area contributed by atoms with Gasteiger partial charge in [0.2, 0.25) is 0 Å². The van der Waals surface area contributed by atoms with Gasteiger partial charge in [-0.25, -0.2) is 4.79 Å². The Morgan fingerprint density at radius 1 is 1.43 bits per heavy atom. The second-order valence-corrected chi connectivity index (χ2v) is 5.27. The van der Waals surface area contributed by atoms with Gasteiger partial charge in [-0.15, -0.1) is 0 Å². The van der Waals surface area contributed by atoms with Crippen LogP contribution in [0.3, 0.4) is 0 Å². The van der Waals surface area contributed by atoms with E-state index in [-0.39, 0.29) is 11.3 Å². The number of carbonyl (C=O) groups excluding carboxylic acids is 1. The monoisotopic (exact) mass is 353 g/mol. The van der Waals surface area contributed by atoms with Crippen LogP contribution in [0.5, 0.6) is 5.75 Å². The van der Waals surface area contributed by atoms with Crippen LogP contribution in [0.2, 0.25) is 0 Å². The molecule has 0 aliphatic rings. The van der Waals surface area contributed by atoms with Gasteiger partial charge in [-0.3, -0.25) is 9.48 Å². The maximum absolute atomic E-state index is 12.1. The zero-order valence-corrected chi connectivity index (χ0v) is 12.5. The van der Waals surface area contributed by atoms with Crippen molar-refractivity contribution in [1.29, 1.82) is 0 Å². The molecule has 0 aliphatic carbocycles. The first-order chi connectivity index (χ1) is 9.88. The smallest absolute Gasteiger partial charge is 0.331 e. The quantitative estimate of drug-likeness (QED) is 0.771. The van der Waals surface area contributed by atoms with Crippen molar-refractivity contribution >= 4 is 27.8 Å². The molecule has 0 saturated carbocycles. The Hall–Kier alpha value is -2.35. The van der Waals surface area contributed by atoms with E-state index in [1.807, 2.05) is 0 Å². The summed E-state index contributed by atoms with van der Waals surface area (Å²) >= 11 is 3.19. The first-order valence-corrected chi connectivity index (χ1v) is 6.68. The lowest BCUT2D eigenvalue weighted by Gasteiger charge is -2.13. The molecule has 1 heterocycles. The van der Waals surface area contributed by atoms with Crippen molar-refractivity contribution < 1.29 is 19.8 Å². The van der Waals surface area contributed by atoms with E-state index in [4.69, 9.17) is 0 Å². The summed E-state index contributed by atoms with van der Waals surface area (Å²) in [5.74, 6) is -2.14. The third-order valence-corrected chi connectivity index (χ3v) is 3.28. The number of phenols is 1. The predicted octanol–water partition coefficient (Wildman–Crippen LogP) is 1.44. The average Bonchev–Trinajstić information content (AvgIpc) is 2.84. The Morgan fingerprint density at radius 2 is 2.14 bits per heavy atom. The van der Waals surface area contributed by atoms with E-state index < -0.39 is 17.9 Å². The zero-order chi connectivity index (χ0) is 15.6. The number of aryl methyl sites for hydroxylation is 1. The van der Waals surface area contributed by atoms with Gasteiger partial charge in [0, 0.05) is 23.3 Å². The van der Waals surface area contributed by atoms with Crippen LogP contribution in [0.25, 0.3) is 0 Å². The summed E-state index contributed by atoms with van der Waals surface area (Å²) in [5.41, 5.74) is 0.326. The van der Waals surface area contributed by atoms with Gasteiger partial charge in [0.25, 0.3) is 5.91 Å². The minimum Gasteiger partial charge on any atom is -0.507 e. The number of aromatic hydroxyl groups is 1. The number of carboxylic acids is 1. The van der Waals surface area contributed by atoms with Crippen molar-refractivity contribution in [3.8, 4) is 5.75 Å². The Morgan fingerprint density at radius 3 is 2.71 bits per heavy atom. The van der Waals surface area contributed by atoms with E-state index >= 15 is 0 Å². The van der Waals surface area contributed by atoms with E-state index in [2.05, 4.69) is 26.3 Å². The van der Waals surface area contributed by atoms with Crippen LogP contribution in [0.4, 0.5) is 0 Å². The number of halogens is 1. The summed E-state index contributed by atoms with van der Waals surface area (Å²) in [5, 5.41) is 25.2. The van der Waals surface area contributed by atoms with E-state index in [1.165, 1.54) is 29.2 Å². The van der Waals surface area contributed by atoms with Crippen LogP contribution < -0.4 is 5.32 Å². The number of phenolic OH excluding ortho intramolecular Hbond substituents is 1. The molecule has 1 aromatic carbocycles.